The van der Waals surface area contributed by atoms with Crippen LogP contribution in [0.5, 0.6) is 5.75 Å². The van der Waals surface area contributed by atoms with Crippen LogP contribution in [-0.2, 0) is 21.7 Å². The van der Waals surface area contributed by atoms with Crippen molar-refractivity contribution in [1.82, 2.24) is 25.3 Å². The fourth-order valence-electron chi connectivity index (χ4n) is 8.10. The minimum absolute atomic E-state index is 0.0845. The molecule has 42 heavy (non-hydrogen) atoms. The molecule has 2 N–H and O–H groups in total. The van der Waals surface area contributed by atoms with Crippen LogP contribution < -0.4 is 15.4 Å². The minimum atomic E-state index is -0.233. The van der Waals surface area contributed by atoms with Crippen molar-refractivity contribution in [1.29, 1.82) is 5.26 Å². The topological polar surface area (TPSA) is 93.1 Å². The predicted octanol–water partition coefficient (Wildman–Crippen LogP) is 2.92. The Labute approximate surface area is 254 Å². The first-order valence-corrected chi connectivity index (χ1v) is 16.6. The molecule has 1 aliphatic carbocycles. The third-order valence-electron chi connectivity index (χ3n) is 10.4. The highest BCUT2D eigenvalue weighted by Gasteiger charge is 2.50. The number of hydrogen-bond acceptors (Lipinski definition) is 9. The molecule has 4 heterocycles. The summed E-state index contributed by atoms with van der Waals surface area (Å²) in [5, 5.41) is 17.3. The van der Waals surface area contributed by atoms with Crippen LogP contribution in [-0.4, -0.2) is 103 Å². The molecule has 1 saturated carbocycles. The van der Waals surface area contributed by atoms with E-state index in [1.807, 2.05) is 4.90 Å². The van der Waals surface area contributed by atoms with E-state index in [9.17, 15) is 10.1 Å². The van der Waals surface area contributed by atoms with Crippen LogP contribution >= 0.6 is 11.8 Å². The van der Waals surface area contributed by atoms with Crippen LogP contribution in [0.1, 0.15) is 49.7 Å². The predicted molar refractivity (Wildman–Crippen MR) is 165 cm³/mol. The highest BCUT2D eigenvalue weighted by Crippen LogP contribution is 2.51. The summed E-state index contributed by atoms with van der Waals surface area (Å²) in [6, 6.07) is 9.45. The van der Waals surface area contributed by atoms with Gasteiger partial charge in [-0.3, -0.25) is 20.3 Å². The van der Waals surface area contributed by atoms with Gasteiger partial charge in [0.25, 0.3) is 0 Å². The van der Waals surface area contributed by atoms with Gasteiger partial charge in [0.1, 0.15) is 5.75 Å². The number of thioether (sulfide) groups is 1. The maximum absolute atomic E-state index is 12.6. The average Bonchev–Trinajstić information content (AvgIpc) is 3.43. The SMILES string of the molecule is C=CC(=O)N1CCN(C2NC(OCC3CCCN3C)NC3C[C@]4(CCC32)Cc2cccc(OC)c2CS4)CC1CC#N. The van der Waals surface area contributed by atoms with Crippen molar-refractivity contribution in [2.24, 2.45) is 5.92 Å². The fourth-order valence-corrected chi connectivity index (χ4v) is 9.70. The third kappa shape index (κ3) is 5.97. The molecule has 9 nitrogen and oxygen atoms in total. The molecule has 4 aliphatic heterocycles. The largest absolute Gasteiger partial charge is 0.496 e. The number of rotatable bonds is 7. The number of fused-ring (bicyclic) bond motifs is 2. The number of likely N-dealkylation sites (N-methyl/N-ethyl adjacent to an activating group) is 1. The van der Waals surface area contributed by atoms with E-state index in [0.29, 0.717) is 44.1 Å². The van der Waals surface area contributed by atoms with Gasteiger partial charge in [0.15, 0.2) is 6.35 Å². The van der Waals surface area contributed by atoms with E-state index in [1.165, 1.54) is 36.5 Å². The smallest absolute Gasteiger partial charge is 0.246 e. The second-order valence-corrected chi connectivity index (χ2v) is 14.2. The molecule has 228 valence electrons. The second kappa shape index (κ2) is 12.8. The van der Waals surface area contributed by atoms with Gasteiger partial charge in [0.2, 0.25) is 5.91 Å². The fraction of sp³-hybridized carbons (Fsp3) is 0.688. The van der Waals surface area contributed by atoms with Gasteiger partial charge < -0.3 is 19.3 Å². The number of carbonyl (C=O) groups excluding carboxylic acids is 1. The van der Waals surface area contributed by atoms with Crippen LogP contribution in [0.25, 0.3) is 0 Å². The number of carbonyl (C=O) groups is 1. The zero-order valence-electron chi connectivity index (χ0n) is 25.1. The number of amides is 1. The van der Waals surface area contributed by atoms with Gasteiger partial charge >= 0.3 is 0 Å². The molecular weight excluding hydrogens is 548 g/mol. The Morgan fingerprint density at radius 1 is 1.26 bits per heavy atom. The molecule has 0 aromatic heterocycles. The molecule has 1 aromatic rings. The quantitative estimate of drug-likeness (QED) is 0.463. The average molecular weight is 595 g/mol. The second-order valence-electron chi connectivity index (χ2n) is 12.8. The number of ether oxygens (including phenoxy) is 2. The molecule has 10 heteroatoms. The lowest BCUT2D eigenvalue weighted by molar-refractivity contribution is -0.135. The van der Waals surface area contributed by atoms with Crippen molar-refractivity contribution in [3.05, 3.63) is 42.0 Å². The lowest BCUT2D eigenvalue weighted by Crippen LogP contribution is -2.73. The van der Waals surface area contributed by atoms with Crippen LogP contribution in [0.3, 0.4) is 0 Å². The van der Waals surface area contributed by atoms with E-state index in [4.69, 9.17) is 9.47 Å². The van der Waals surface area contributed by atoms with Crippen LogP contribution in [0.15, 0.2) is 30.9 Å². The van der Waals surface area contributed by atoms with Crippen molar-refractivity contribution >= 4 is 17.7 Å². The molecule has 1 spiro atoms. The zero-order valence-corrected chi connectivity index (χ0v) is 25.9. The summed E-state index contributed by atoms with van der Waals surface area (Å²) < 4.78 is 12.5. The van der Waals surface area contributed by atoms with E-state index in [2.05, 4.69) is 70.1 Å². The molecule has 4 fully saturated rings. The molecule has 5 aliphatic rings. The van der Waals surface area contributed by atoms with E-state index in [0.717, 1.165) is 43.9 Å². The Hall–Kier alpha value is -2.13. The minimum Gasteiger partial charge on any atom is -0.496 e. The number of benzene rings is 1. The summed E-state index contributed by atoms with van der Waals surface area (Å²) in [5.74, 6) is 2.33. The lowest BCUT2D eigenvalue weighted by Gasteiger charge is -2.56. The van der Waals surface area contributed by atoms with Gasteiger partial charge in [-0.05, 0) is 69.8 Å². The number of methoxy groups -OCH3 is 1. The van der Waals surface area contributed by atoms with Gasteiger partial charge in [-0.25, -0.2) is 0 Å². The number of hydrogen-bond donors (Lipinski definition) is 2. The van der Waals surface area contributed by atoms with Crippen molar-refractivity contribution in [2.45, 2.75) is 86.1 Å². The molecule has 0 bridgehead atoms. The highest BCUT2D eigenvalue weighted by molar-refractivity contribution is 8.00. The van der Waals surface area contributed by atoms with Gasteiger partial charge in [0.05, 0.1) is 38.4 Å². The molecule has 6 unspecified atom stereocenters. The number of nitriles is 1. The van der Waals surface area contributed by atoms with E-state index >= 15 is 0 Å². The number of nitrogens with zero attached hydrogens (tertiary/aromatic N) is 4. The maximum Gasteiger partial charge on any atom is 0.246 e. The number of likely N-dealkylation sites (tertiary alicyclic amines) is 1. The summed E-state index contributed by atoms with van der Waals surface area (Å²) in [6.45, 7) is 7.59. The number of nitrogens with one attached hydrogen (secondary N) is 2. The molecule has 1 aromatic carbocycles. The van der Waals surface area contributed by atoms with Gasteiger partial charge in [-0.1, -0.05) is 18.7 Å². The van der Waals surface area contributed by atoms with Crippen LogP contribution in [0.4, 0.5) is 0 Å². The molecule has 1 amide bonds. The van der Waals surface area contributed by atoms with Crippen molar-refractivity contribution in [2.75, 3.05) is 46.9 Å². The Kier molecular flexibility index (Phi) is 9.15. The zero-order chi connectivity index (χ0) is 29.3. The summed E-state index contributed by atoms with van der Waals surface area (Å²) in [4.78, 5) is 19.3. The molecule has 0 radical (unpaired) electrons. The van der Waals surface area contributed by atoms with Crippen molar-refractivity contribution in [3.8, 4) is 11.8 Å². The normalized spacial score (nSPS) is 35.3. The van der Waals surface area contributed by atoms with Crippen molar-refractivity contribution < 1.29 is 14.3 Å². The van der Waals surface area contributed by atoms with E-state index in [1.54, 1.807) is 7.11 Å². The maximum atomic E-state index is 12.6. The first-order valence-electron chi connectivity index (χ1n) is 15.6. The molecule has 6 rings (SSSR count). The molecule has 3 saturated heterocycles. The Morgan fingerprint density at radius 2 is 2.14 bits per heavy atom. The monoisotopic (exact) mass is 594 g/mol. The van der Waals surface area contributed by atoms with Crippen molar-refractivity contribution in [3.63, 3.8) is 0 Å². The van der Waals surface area contributed by atoms with Gasteiger partial charge in [0, 0.05) is 53.7 Å². The highest BCUT2D eigenvalue weighted by atomic mass is 32.2. The standard InChI is InChI=1S/C32H46N6O3S/c1-4-29(39)38-16-15-37(19-23(38)11-13-33)30-25-10-12-32(17-22-7-5-9-28(40-3)26(22)21-42-32)18-27(25)34-31(35-30)41-20-24-8-6-14-36(24)2/h4-5,7,9,23-25,27,30-31,34-35H,1,6,8,10-12,14-21H2,2-3H3/t23?,24?,25?,27?,30?,31?,32-/m0/s1. The Morgan fingerprint density at radius 3 is 2.90 bits per heavy atom. The van der Waals surface area contributed by atoms with E-state index in [-0.39, 0.29) is 29.2 Å². The molecule has 7 atom stereocenters. The number of piperazine rings is 1. The lowest BCUT2D eigenvalue weighted by atomic mass is 9.72. The Bertz CT molecular complexity index is 1190. The van der Waals surface area contributed by atoms with E-state index < -0.39 is 0 Å². The molecular formula is C32H46N6O3S. The summed E-state index contributed by atoms with van der Waals surface area (Å²) >= 11 is 2.11. The van der Waals surface area contributed by atoms with Crippen LogP contribution in [0, 0.1) is 17.2 Å². The Balaban J connectivity index is 1.21. The third-order valence-corrected chi connectivity index (χ3v) is 12.0. The summed E-state index contributed by atoms with van der Waals surface area (Å²) in [7, 11) is 3.96. The first kappa shape index (κ1) is 29.9. The van der Waals surface area contributed by atoms with Gasteiger partial charge in [-0.15, -0.1) is 11.8 Å². The summed E-state index contributed by atoms with van der Waals surface area (Å²) in [6.07, 6.45) is 8.45. The van der Waals surface area contributed by atoms with Crippen LogP contribution in [0.2, 0.25) is 0 Å². The van der Waals surface area contributed by atoms with Gasteiger partial charge in [-0.2, -0.15) is 5.26 Å². The summed E-state index contributed by atoms with van der Waals surface area (Å²) in [5.41, 5.74) is 2.78. The first-order chi connectivity index (χ1) is 20.4.